The Morgan fingerprint density at radius 3 is 1.94 bits per heavy atom. The van der Waals surface area contributed by atoms with Gasteiger partial charge in [0, 0.05) is 45.4 Å². The van der Waals surface area contributed by atoms with Crippen LogP contribution in [0.1, 0.15) is 104 Å². The number of nitrogens with one attached hydrogen (secondary N) is 4. The summed E-state index contributed by atoms with van der Waals surface area (Å²) in [6.07, 6.45) is 5.63. The summed E-state index contributed by atoms with van der Waals surface area (Å²) in [5, 5.41) is 31.4. The number of hydrogen-bond donors (Lipinski definition) is 4. The zero-order chi connectivity index (χ0) is 35.5. The Morgan fingerprint density at radius 2 is 1.40 bits per heavy atom. The second kappa shape index (κ2) is 17.9. The number of carbonyl (C=O) groups is 4. The van der Waals surface area contributed by atoms with E-state index >= 15 is 0 Å². The first-order chi connectivity index (χ1) is 22.5. The monoisotopic (exact) mass is 708 g/mol. The third kappa shape index (κ3) is 14.9. The molecule has 0 saturated carbocycles. The van der Waals surface area contributed by atoms with Crippen LogP contribution in [0.4, 0.5) is 14.7 Å². The maximum absolute atomic E-state index is 12.7. The van der Waals surface area contributed by atoms with Crippen molar-refractivity contribution in [3.8, 4) is 0 Å². The summed E-state index contributed by atoms with van der Waals surface area (Å²) < 4.78 is 10.9. The quantitative estimate of drug-likeness (QED) is 0.128. The Morgan fingerprint density at radius 1 is 0.854 bits per heavy atom. The van der Waals surface area contributed by atoms with Crippen LogP contribution < -0.4 is 10.6 Å². The van der Waals surface area contributed by atoms with Gasteiger partial charge in [0.15, 0.2) is 5.17 Å². The highest BCUT2D eigenvalue weighted by Crippen LogP contribution is 2.25. The van der Waals surface area contributed by atoms with Gasteiger partial charge in [-0.25, -0.2) is 9.59 Å². The van der Waals surface area contributed by atoms with E-state index in [-0.39, 0.29) is 58.9 Å². The summed E-state index contributed by atoms with van der Waals surface area (Å²) in [6, 6.07) is 0. The van der Waals surface area contributed by atoms with Crippen molar-refractivity contribution < 1.29 is 28.7 Å². The number of amides is 4. The first-order valence-corrected chi connectivity index (χ1v) is 18.3. The molecule has 0 aliphatic carbocycles. The molecule has 0 aromatic carbocycles. The normalized spacial score (nSPS) is 18.5. The maximum Gasteiger partial charge on any atom is 0.410 e. The highest BCUT2D eigenvalue weighted by Gasteiger charge is 2.30. The lowest BCUT2D eigenvalue weighted by Crippen LogP contribution is -2.44. The van der Waals surface area contributed by atoms with E-state index in [9.17, 15) is 19.2 Å². The predicted molar refractivity (Wildman–Crippen MR) is 188 cm³/mol. The molecular weight excluding hydrogens is 657 g/mol. The van der Waals surface area contributed by atoms with Crippen LogP contribution in [0, 0.1) is 22.7 Å². The Balaban J connectivity index is 1.29. The number of unbranched alkanes of at least 4 members (excludes halogenated alkanes) is 1. The SMILES string of the molecule is CC(C)(C)OC(=O)N1CCCC(CC(=O)NC(=N)SC(=N)CCCCc2nnc(NC(=O)CC3CCCN(C(=O)OC(C)(C)C)C3)s2)C1. The highest BCUT2D eigenvalue weighted by molar-refractivity contribution is 8.26. The van der Waals surface area contributed by atoms with Crippen LogP contribution in [0.2, 0.25) is 0 Å². The van der Waals surface area contributed by atoms with E-state index in [0.717, 1.165) is 48.9 Å². The van der Waals surface area contributed by atoms with Crippen molar-refractivity contribution in [3.05, 3.63) is 5.01 Å². The smallest absolute Gasteiger partial charge is 0.410 e. The molecule has 2 unspecified atom stereocenters. The fourth-order valence-electron chi connectivity index (χ4n) is 5.49. The average Bonchev–Trinajstić information content (AvgIpc) is 3.40. The summed E-state index contributed by atoms with van der Waals surface area (Å²) in [5.41, 5.74) is -1.14. The molecule has 48 heavy (non-hydrogen) atoms. The number of aryl methyl sites for hydroxylation is 1. The van der Waals surface area contributed by atoms with Crippen molar-refractivity contribution in [2.75, 3.05) is 31.5 Å². The molecular formula is C32H52N8O6S2. The van der Waals surface area contributed by atoms with E-state index in [4.69, 9.17) is 20.3 Å². The second-order valence-electron chi connectivity index (χ2n) is 14.4. The lowest BCUT2D eigenvalue weighted by molar-refractivity contribution is -0.121. The standard InChI is InChI=1S/C32H52N8O6S2/c1-31(2,3)45-29(43)39-15-9-11-21(19-39)17-24(41)35-27(34)47-23(33)13-7-8-14-26-37-38-28(48-26)36-25(42)18-22-12-10-16-40(20-22)30(44)46-32(4,5)6/h21-22,33H,7-20H2,1-6H3,(H2,34,35,41)(H,36,38,42). The number of likely N-dealkylation sites (tertiary alicyclic amines) is 2. The number of amidine groups is 1. The molecule has 2 aliphatic rings. The number of thioether (sulfide) groups is 1. The van der Waals surface area contributed by atoms with E-state index < -0.39 is 11.2 Å². The van der Waals surface area contributed by atoms with E-state index in [1.165, 1.54) is 11.3 Å². The molecule has 4 N–H and O–H groups in total. The fraction of sp³-hybridized carbons (Fsp3) is 0.750. The van der Waals surface area contributed by atoms with Crippen LogP contribution in [0.5, 0.6) is 0 Å². The van der Waals surface area contributed by atoms with Crippen molar-refractivity contribution >= 4 is 62.4 Å². The molecule has 1 aromatic rings. The Bertz CT molecular complexity index is 1310. The number of nitrogens with zero attached hydrogens (tertiary/aromatic N) is 4. The lowest BCUT2D eigenvalue weighted by atomic mass is 9.95. The van der Waals surface area contributed by atoms with Gasteiger partial charge >= 0.3 is 12.2 Å². The van der Waals surface area contributed by atoms with Crippen LogP contribution in [0.25, 0.3) is 0 Å². The second-order valence-corrected chi connectivity index (χ2v) is 16.6. The van der Waals surface area contributed by atoms with Crippen molar-refractivity contribution in [2.24, 2.45) is 11.8 Å². The number of aromatic nitrogens is 2. The van der Waals surface area contributed by atoms with Gasteiger partial charge in [0.25, 0.3) is 0 Å². The largest absolute Gasteiger partial charge is 0.444 e. The molecule has 4 amide bonds. The van der Waals surface area contributed by atoms with Gasteiger partial charge in [-0.2, -0.15) is 0 Å². The van der Waals surface area contributed by atoms with Crippen LogP contribution in [0.3, 0.4) is 0 Å². The first kappa shape index (κ1) is 39.2. The Hall–Kier alpha value is -3.27. The van der Waals surface area contributed by atoms with Gasteiger partial charge in [0.2, 0.25) is 16.9 Å². The van der Waals surface area contributed by atoms with Gasteiger partial charge in [-0.3, -0.25) is 20.4 Å². The molecule has 268 valence electrons. The maximum atomic E-state index is 12.7. The predicted octanol–water partition coefficient (Wildman–Crippen LogP) is 6.03. The Labute approximate surface area is 291 Å². The van der Waals surface area contributed by atoms with E-state index in [1.54, 1.807) is 9.80 Å². The van der Waals surface area contributed by atoms with Gasteiger partial charge in [0.1, 0.15) is 16.2 Å². The first-order valence-electron chi connectivity index (χ1n) is 16.7. The molecule has 2 atom stereocenters. The van der Waals surface area contributed by atoms with Crippen LogP contribution >= 0.6 is 23.1 Å². The zero-order valence-corrected chi connectivity index (χ0v) is 30.7. The average molecular weight is 709 g/mol. The molecule has 0 bridgehead atoms. The molecule has 16 heteroatoms. The highest BCUT2D eigenvalue weighted by atomic mass is 32.2. The van der Waals surface area contributed by atoms with Crippen LogP contribution in [-0.2, 0) is 25.5 Å². The molecule has 14 nitrogen and oxygen atoms in total. The topological polar surface area (TPSA) is 191 Å². The van der Waals surface area contributed by atoms with Crippen molar-refractivity contribution in [2.45, 2.75) is 117 Å². The summed E-state index contributed by atoms with van der Waals surface area (Å²) in [4.78, 5) is 53.3. The summed E-state index contributed by atoms with van der Waals surface area (Å²) >= 11 is 2.25. The molecule has 2 saturated heterocycles. The number of piperidine rings is 2. The minimum Gasteiger partial charge on any atom is -0.444 e. The number of anilines is 1. The van der Waals surface area contributed by atoms with E-state index in [0.29, 0.717) is 50.6 Å². The van der Waals surface area contributed by atoms with Crippen LogP contribution in [0.15, 0.2) is 0 Å². The molecule has 3 rings (SSSR count). The Kier molecular flexibility index (Phi) is 14.6. The number of rotatable bonds is 10. The number of hydrogen-bond acceptors (Lipinski definition) is 12. The van der Waals surface area contributed by atoms with Crippen molar-refractivity contribution in [1.82, 2.24) is 25.3 Å². The third-order valence-corrected chi connectivity index (χ3v) is 9.18. The number of carbonyl (C=O) groups excluding carboxylic acids is 4. The minimum absolute atomic E-state index is 0.00799. The van der Waals surface area contributed by atoms with Crippen molar-refractivity contribution in [3.63, 3.8) is 0 Å². The van der Waals surface area contributed by atoms with Gasteiger partial charge in [-0.15, -0.1) is 10.2 Å². The molecule has 3 heterocycles. The zero-order valence-electron chi connectivity index (χ0n) is 29.1. The van der Waals surface area contributed by atoms with E-state index in [1.807, 2.05) is 41.5 Å². The molecule has 0 radical (unpaired) electrons. The summed E-state index contributed by atoms with van der Waals surface area (Å²) in [5.74, 6) is -0.408. The number of ether oxygens (including phenoxy) is 2. The van der Waals surface area contributed by atoms with Gasteiger partial charge < -0.3 is 29.9 Å². The summed E-state index contributed by atoms with van der Waals surface area (Å²) in [7, 11) is 0. The van der Waals surface area contributed by atoms with E-state index in [2.05, 4.69) is 20.8 Å². The fourth-order valence-corrected chi connectivity index (χ4v) is 6.94. The third-order valence-electron chi connectivity index (χ3n) is 7.53. The molecule has 2 fully saturated rings. The summed E-state index contributed by atoms with van der Waals surface area (Å²) in [6.45, 7) is 13.1. The lowest BCUT2D eigenvalue weighted by Gasteiger charge is -2.33. The van der Waals surface area contributed by atoms with Gasteiger partial charge in [-0.1, -0.05) is 11.3 Å². The minimum atomic E-state index is -0.578. The van der Waals surface area contributed by atoms with Gasteiger partial charge in [0.05, 0.1) is 5.04 Å². The van der Waals surface area contributed by atoms with Gasteiger partial charge in [-0.05, 0) is 110 Å². The van der Waals surface area contributed by atoms with Crippen molar-refractivity contribution in [1.29, 1.82) is 10.8 Å². The molecule has 1 aromatic heterocycles. The molecule has 2 aliphatic heterocycles. The molecule has 0 spiro atoms. The van der Waals surface area contributed by atoms with Crippen LogP contribution in [-0.4, -0.2) is 91.6 Å².